The van der Waals surface area contributed by atoms with Gasteiger partial charge in [0, 0.05) is 5.69 Å². The highest BCUT2D eigenvalue weighted by atomic mass is 16.4. The van der Waals surface area contributed by atoms with Gasteiger partial charge in [0.05, 0.1) is 0 Å². The normalized spacial score (nSPS) is 12.1. The molecule has 1 aromatic carbocycles. The average Bonchev–Trinajstić information content (AvgIpc) is 2.16. The molecule has 1 aromatic rings. The highest BCUT2D eigenvalue weighted by Gasteiger charge is 2.10. The highest BCUT2D eigenvalue weighted by molar-refractivity contribution is 5.83. The molecule has 0 saturated carbocycles. The summed E-state index contributed by atoms with van der Waals surface area (Å²) in [6.45, 7) is 4.14. The molecule has 0 aliphatic rings. The first-order chi connectivity index (χ1) is 6.65. The number of benzene rings is 1. The van der Waals surface area contributed by atoms with Gasteiger partial charge in [-0.25, -0.2) is 9.90 Å². The fraction of sp³-hybridized carbons (Fsp3) is 0.364. The van der Waals surface area contributed by atoms with Gasteiger partial charge in [-0.15, -0.1) is 0 Å². The molecule has 0 heterocycles. The first-order valence-electron chi connectivity index (χ1n) is 4.72. The van der Waals surface area contributed by atoms with Gasteiger partial charge >= 0.3 is 6.09 Å². The minimum absolute atomic E-state index is 0.345. The van der Waals surface area contributed by atoms with E-state index >= 15 is 0 Å². The van der Waals surface area contributed by atoms with Crippen molar-refractivity contribution in [2.45, 2.75) is 26.2 Å². The third kappa shape index (κ3) is 2.49. The van der Waals surface area contributed by atoms with E-state index in [9.17, 15) is 9.90 Å². The fourth-order valence-electron chi connectivity index (χ4n) is 1.37. The van der Waals surface area contributed by atoms with E-state index in [1.165, 1.54) is 0 Å². The highest BCUT2D eigenvalue weighted by Crippen LogP contribution is 2.26. The van der Waals surface area contributed by atoms with Crippen LogP contribution in [0, 0.1) is 0 Å². The zero-order valence-electron chi connectivity index (χ0n) is 8.41. The van der Waals surface area contributed by atoms with Crippen molar-refractivity contribution in [3.8, 4) is 0 Å². The van der Waals surface area contributed by atoms with Gasteiger partial charge in [-0.3, -0.25) is 5.32 Å². The minimum Gasteiger partial charge on any atom is -0.288 e. The molecule has 0 aromatic heterocycles. The molecule has 75 valence electrons. The predicted octanol–water partition coefficient (Wildman–Crippen LogP) is 3.16. The van der Waals surface area contributed by atoms with Crippen LogP contribution in [-0.2, 0) is 5.11 Å². The zero-order chi connectivity index (χ0) is 10.6. The van der Waals surface area contributed by atoms with Crippen molar-refractivity contribution in [1.29, 1.82) is 0 Å². The third-order valence-corrected chi connectivity index (χ3v) is 2.34. The predicted molar refractivity (Wildman–Crippen MR) is 54.9 cm³/mol. The molecule has 0 bridgehead atoms. The second kappa shape index (κ2) is 4.65. The summed E-state index contributed by atoms with van der Waals surface area (Å²) < 4.78 is 0. The van der Waals surface area contributed by atoms with Gasteiger partial charge in [-0.2, -0.15) is 0 Å². The van der Waals surface area contributed by atoms with Gasteiger partial charge in [-0.1, -0.05) is 32.0 Å². The van der Waals surface area contributed by atoms with E-state index in [1.807, 2.05) is 12.1 Å². The zero-order valence-corrected chi connectivity index (χ0v) is 8.41. The van der Waals surface area contributed by atoms with Crippen LogP contribution in [0.15, 0.2) is 24.3 Å². The number of carbonyl (C=O) groups excluding carboxylic acids is 1. The van der Waals surface area contributed by atoms with Crippen LogP contribution in [0.25, 0.3) is 0 Å². The maximum atomic E-state index is 10.4. The first kappa shape index (κ1) is 10.6. The summed E-state index contributed by atoms with van der Waals surface area (Å²) in [5, 5.41) is 12.7. The third-order valence-electron chi connectivity index (χ3n) is 2.34. The van der Waals surface area contributed by atoms with Crippen LogP contribution in [0.1, 0.15) is 31.7 Å². The van der Waals surface area contributed by atoms with Gasteiger partial charge < -0.3 is 0 Å². The number of hydrogen-bond donors (Lipinski definition) is 1. The molecule has 14 heavy (non-hydrogen) atoms. The fourth-order valence-corrected chi connectivity index (χ4v) is 1.37. The number of anilines is 1. The first-order valence-corrected chi connectivity index (χ1v) is 4.72. The molecule has 1 amide bonds. The molecular weight excluding hydrogens is 178 g/mol. The summed E-state index contributed by atoms with van der Waals surface area (Å²) in [5.41, 5.74) is 1.64. The molecule has 0 aliphatic heterocycles. The van der Waals surface area contributed by atoms with Gasteiger partial charge in [0.2, 0.25) is 0 Å². The van der Waals surface area contributed by atoms with Crippen LogP contribution in [0.2, 0.25) is 0 Å². The lowest BCUT2D eigenvalue weighted by atomic mass is 9.97. The maximum Gasteiger partial charge on any atom is 0.454 e. The van der Waals surface area contributed by atoms with Crippen LogP contribution in [0.5, 0.6) is 0 Å². The van der Waals surface area contributed by atoms with Crippen molar-refractivity contribution in [3.05, 3.63) is 29.8 Å². The summed E-state index contributed by atoms with van der Waals surface area (Å²) in [4.78, 5) is 10.4. The Balaban J connectivity index is 2.96. The molecule has 0 spiro atoms. The molecule has 0 fully saturated rings. The number of para-hydroxylation sites is 1. The van der Waals surface area contributed by atoms with E-state index < -0.39 is 6.09 Å². The van der Waals surface area contributed by atoms with Crippen molar-refractivity contribution in [3.63, 3.8) is 0 Å². The lowest BCUT2D eigenvalue weighted by Crippen LogP contribution is -2.08. The Morgan fingerprint density at radius 2 is 2.07 bits per heavy atom. The molecular formula is C11H14NO2. The quantitative estimate of drug-likeness (QED) is 0.785. The summed E-state index contributed by atoms with van der Waals surface area (Å²) in [7, 11) is 0. The van der Waals surface area contributed by atoms with Crippen molar-refractivity contribution in [1.82, 2.24) is 0 Å². The molecule has 0 aliphatic carbocycles. The standard InChI is InChI=1S/C11H14NO2/c1-3-8(2)9-6-4-5-7-10(9)12-11(13)14/h4-8,12H,3H2,1-2H3. The molecule has 1 N–H and O–H groups in total. The number of amides is 1. The van der Waals surface area contributed by atoms with Gasteiger partial charge in [0.1, 0.15) is 0 Å². The summed E-state index contributed by atoms with van der Waals surface area (Å²) in [6.07, 6.45) is -0.285. The van der Waals surface area contributed by atoms with E-state index in [-0.39, 0.29) is 0 Å². The lowest BCUT2D eigenvalue weighted by molar-refractivity contribution is 0.185. The van der Waals surface area contributed by atoms with Gasteiger partial charge in [-0.05, 0) is 24.0 Å². The van der Waals surface area contributed by atoms with Crippen molar-refractivity contribution in [2.75, 3.05) is 5.32 Å². The van der Waals surface area contributed by atoms with E-state index in [0.29, 0.717) is 11.6 Å². The molecule has 1 radical (unpaired) electrons. The monoisotopic (exact) mass is 192 g/mol. The maximum absolute atomic E-state index is 10.4. The van der Waals surface area contributed by atoms with E-state index in [0.717, 1.165) is 12.0 Å². The number of rotatable bonds is 3. The van der Waals surface area contributed by atoms with E-state index in [4.69, 9.17) is 0 Å². The average molecular weight is 192 g/mol. The Morgan fingerprint density at radius 1 is 1.43 bits per heavy atom. The molecule has 3 nitrogen and oxygen atoms in total. The summed E-state index contributed by atoms with van der Waals surface area (Å²) >= 11 is 0. The van der Waals surface area contributed by atoms with E-state index in [2.05, 4.69) is 19.2 Å². The number of nitrogens with one attached hydrogen (secondary N) is 1. The Morgan fingerprint density at radius 3 is 2.64 bits per heavy atom. The van der Waals surface area contributed by atoms with Crippen LogP contribution in [0.3, 0.4) is 0 Å². The van der Waals surface area contributed by atoms with Crippen molar-refractivity contribution in [2.24, 2.45) is 0 Å². The van der Waals surface area contributed by atoms with Crippen LogP contribution < -0.4 is 5.32 Å². The molecule has 1 rings (SSSR count). The van der Waals surface area contributed by atoms with Gasteiger partial charge in [0.25, 0.3) is 0 Å². The Bertz CT molecular complexity index is 323. The Kier molecular flexibility index (Phi) is 3.51. The van der Waals surface area contributed by atoms with Crippen LogP contribution in [-0.4, -0.2) is 6.09 Å². The summed E-state index contributed by atoms with van der Waals surface area (Å²) in [6, 6.07) is 7.38. The van der Waals surface area contributed by atoms with Gasteiger partial charge in [0.15, 0.2) is 0 Å². The second-order valence-electron chi connectivity index (χ2n) is 3.31. The van der Waals surface area contributed by atoms with Crippen molar-refractivity contribution >= 4 is 11.8 Å². The second-order valence-corrected chi connectivity index (χ2v) is 3.31. The summed E-state index contributed by atoms with van der Waals surface area (Å²) in [5.74, 6) is 0.345. The Labute approximate surface area is 83.8 Å². The lowest BCUT2D eigenvalue weighted by Gasteiger charge is -2.13. The molecule has 3 heteroatoms. The Hall–Kier alpha value is -1.51. The molecule has 1 unspecified atom stereocenters. The number of hydrogen-bond acceptors (Lipinski definition) is 1. The molecule has 1 atom stereocenters. The van der Waals surface area contributed by atoms with Crippen LogP contribution in [0.4, 0.5) is 10.5 Å². The number of carbonyl (C=O) groups is 1. The topological polar surface area (TPSA) is 49.0 Å². The molecule has 0 saturated heterocycles. The smallest absolute Gasteiger partial charge is 0.288 e. The van der Waals surface area contributed by atoms with E-state index in [1.54, 1.807) is 12.1 Å². The van der Waals surface area contributed by atoms with Crippen molar-refractivity contribution < 1.29 is 9.90 Å². The van der Waals surface area contributed by atoms with Crippen LogP contribution >= 0.6 is 0 Å². The minimum atomic E-state index is -1.26. The largest absolute Gasteiger partial charge is 0.454 e. The SMILES string of the molecule is CCC(C)c1ccccc1NC([O])=O.